The second-order valence-electron chi connectivity index (χ2n) is 5.49. The predicted octanol–water partition coefficient (Wildman–Crippen LogP) is 2.00. The molecule has 1 unspecified atom stereocenters. The van der Waals surface area contributed by atoms with Gasteiger partial charge in [0.05, 0.1) is 19.3 Å². The summed E-state index contributed by atoms with van der Waals surface area (Å²) in [6.07, 6.45) is 2.35. The third kappa shape index (κ3) is 3.10. The molecule has 1 aliphatic heterocycles. The highest BCUT2D eigenvalue weighted by molar-refractivity contribution is 7.80. The van der Waals surface area contributed by atoms with Crippen molar-refractivity contribution in [1.82, 2.24) is 9.47 Å². The first-order valence-electron chi connectivity index (χ1n) is 7.40. The third-order valence-electron chi connectivity index (χ3n) is 4.13. The number of hydrogen-bond acceptors (Lipinski definition) is 3. The van der Waals surface area contributed by atoms with Gasteiger partial charge in [0.15, 0.2) is 0 Å². The number of nitrogens with two attached hydrogens (primary N) is 1. The smallest absolute Gasteiger partial charge is 0.104 e. The second-order valence-corrected chi connectivity index (χ2v) is 5.93. The summed E-state index contributed by atoms with van der Waals surface area (Å²) in [6, 6.07) is 8.24. The van der Waals surface area contributed by atoms with E-state index in [1.54, 1.807) is 0 Å². The first-order valence-corrected chi connectivity index (χ1v) is 7.81. The van der Waals surface area contributed by atoms with Gasteiger partial charge in [-0.3, -0.25) is 4.90 Å². The van der Waals surface area contributed by atoms with E-state index >= 15 is 0 Å². The molecule has 2 N–H and O–H groups in total. The van der Waals surface area contributed by atoms with Crippen LogP contribution in [0.3, 0.4) is 0 Å². The molecule has 0 radical (unpaired) electrons. The summed E-state index contributed by atoms with van der Waals surface area (Å²) in [5.74, 6) is 0. The second kappa shape index (κ2) is 6.13. The molecular formula is C16H21N3OS. The summed E-state index contributed by atoms with van der Waals surface area (Å²) in [5.41, 5.74) is 7.81. The highest BCUT2D eigenvalue weighted by Crippen LogP contribution is 2.19. The van der Waals surface area contributed by atoms with Gasteiger partial charge >= 0.3 is 0 Å². The Morgan fingerprint density at radius 2 is 2.29 bits per heavy atom. The summed E-state index contributed by atoms with van der Waals surface area (Å²) in [4.78, 5) is 2.87. The summed E-state index contributed by atoms with van der Waals surface area (Å²) in [6.45, 7) is 6.98. The number of rotatable bonds is 4. The predicted molar refractivity (Wildman–Crippen MR) is 89.7 cm³/mol. The van der Waals surface area contributed by atoms with E-state index in [1.807, 2.05) is 6.07 Å². The molecular weight excluding hydrogens is 282 g/mol. The number of fused-ring (bicyclic) bond motifs is 1. The van der Waals surface area contributed by atoms with Crippen molar-refractivity contribution in [3.63, 3.8) is 0 Å². The van der Waals surface area contributed by atoms with Crippen LogP contribution in [0.25, 0.3) is 10.9 Å². The summed E-state index contributed by atoms with van der Waals surface area (Å²) in [5, 5.41) is 1.21. The molecule has 0 spiro atoms. The Morgan fingerprint density at radius 3 is 3.05 bits per heavy atom. The quantitative estimate of drug-likeness (QED) is 0.877. The van der Waals surface area contributed by atoms with Crippen LogP contribution in [0.1, 0.15) is 12.5 Å². The van der Waals surface area contributed by atoms with Crippen LogP contribution in [-0.4, -0.2) is 46.8 Å². The molecule has 0 amide bonds. The Hall–Kier alpha value is -1.43. The molecule has 1 aliphatic rings. The van der Waals surface area contributed by atoms with Gasteiger partial charge in [-0.2, -0.15) is 0 Å². The van der Waals surface area contributed by atoms with E-state index in [1.165, 1.54) is 5.39 Å². The minimum atomic E-state index is 0.239. The Morgan fingerprint density at radius 1 is 1.43 bits per heavy atom. The molecule has 1 aromatic carbocycles. The van der Waals surface area contributed by atoms with E-state index in [9.17, 15) is 0 Å². The number of benzene rings is 1. The fraction of sp³-hybridized carbons (Fsp3) is 0.438. The van der Waals surface area contributed by atoms with Gasteiger partial charge in [0.2, 0.25) is 0 Å². The molecule has 1 aromatic heterocycles. The highest BCUT2D eigenvalue weighted by atomic mass is 32.1. The van der Waals surface area contributed by atoms with E-state index in [-0.39, 0.29) is 6.10 Å². The van der Waals surface area contributed by atoms with E-state index in [0.29, 0.717) is 4.99 Å². The normalized spacial score (nSPS) is 20.0. The molecule has 112 valence electrons. The molecule has 2 heterocycles. The molecule has 1 saturated heterocycles. The summed E-state index contributed by atoms with van der Waals surface area (Å²) < 4.78 is 8.13. The van der Waals surface area contributed by atoms with Crippen molar-refractivity contribution in [2.75, 3.05) is 26.2 Å². The van der Waals surface area contributed by atoms with Crippen LogP contribution in [0.2, 0.25) is 0 Å². The van der Waals surface area contributed by atoms with Gasteiger partial charge < -0.3 is 15.0 Å². The van der Waals surface area contributed by atoms with Gasteiger partial charge in [-0.25, -0.2) is 0 Å². The van der Waals surface area contributed by atoms with Gasteiger partial charge in [-0.05, 0) is 24.1 Å². The molecule has 5 heteroatoms. The molecule has 1 atom stereocenters. The molecule has 3 rings (SSSR count). The van der Waals surface area contributed by atoms with Crippen molar-refractivity contribution >= 4 is 28.1 Å². The topological polar surface area (TPSA) is 43.4 Å². The van der Waals surface area contributed by atoms with Crippen LogP contribution in [0, 0.1) is 0 Å². The number of morpholine rings is 1. The van der Waals surface area contributed by atoms with E-state index < -0.39 is 0 Å². The Labute approximate surface area is 130 Å². The van der Waals surface area contributed by atoms with Gasteiger partial charge in [0, 0.05) is 30.4 Å². The monoisotopic (exact) mass is 303 g/mol. The van der Waals surface area contributed by atoms with Crippen LogP contribution in [0.15, 0.2) is 30.5 Å². The van der Waals surface area contributed by atoms with Gasteiger partial charge in [0.25, 0.3) is 0 Å². The third-order valence-corrected chi connectivity index (χ3v) is 4.36. The first-order chi connectivity index (χ1) is 10.2. The molecule has 0 saturated carbocycles. The largest absolute Gasteiger partial charge is 0.389 e. The van der Waals surface area contributed by atoms with Crippen molar-refractivity contribution in [2.24, 2.45) is 5.73 Å². The molecule has 1 fully saturated rings. The average Bonchev–Trinajstić information content (AvgIpc) is 2.90. The number of ether oxygens (including phenoxy) is 1. The van der Waals surface area contributed by atoms with Crippen molar-refractivity contribution in [2.45, 2.75) is 19.6 Å². The van der Waals surface area contributed by atoms with E-state index in [0.717, 1.165) is 43.9 Å². The number of likely N-dealkylation sites (N-methyl/N-ethyl adjacent to an activating group) is 1. The highest BCUT2D eigenvalue weighted by Gasteiger charge is 2.20. The fourth-order valence-corrected chi connectivity index (χ4v) is 3.02. The van der Waals surface area contributed by atoms with Gasteiger partial charge in [-0.15, -0.1) is 0 Å². The van der Waals surface area contributed by atoms with Crippen molar-refractivity contribution in [3.8, 4) is 0 Å². The van der Waals surface area contributed by atoms with E-state index in [2.05, 4.69) is 40.8 Å². The summed E-state index contributed by atoms with van der Waals surface area (Å²) in [7, 11) is 0. The maximum atomic E-state index is 5.90. The number of aromatic nitrogens is 1. The number of nitrogens with zero attached hydrogens (tertiary/aromatic N) is 2. The minimum Gasteiger partial charge on any atom is -0.389 e. The minimum absolute atomic E-state index is 0.239. The molecule has 21 heavy (non-hydrogen) atoms. The zero-order valence-electron chi connectivity index (χ0n) is 12.3. The van der Waals surface area contributed by atoms with Crippen LogP contribution >= 0.6 is 12.2 Å². The first kappa shape index (κ1) is 14.5. The standard InChI is InChI=1S/C16H21N3OS/c1-2-18-7-8-20-14(10-18)11-19-6-5-12-3-4-13(16(17)21)9-15(12)19/h3-6,9,14H,2,7-8,10-11H2,1H3,(H2,17,21). The zero-order valence-corrected chi connectivity index (χ0v) is 13.1. The lowest BCUT2D eigenvalue weighted by Crippen LogP contribution is -2.43. The molecule has 0 bridgehead atoms. The molecule has 4 nitrogen and oxygen atoms in total. The lowest BCUT2D eigenvalue weighted by molar-refractivity contribution is -0.0337. The molecule has 0 aliphatic carbocycles. The Kier molecular flexibility index (Phi) is 4.24. The maximum absolute atomic E-state index is 5.90. The lowest BCUT2D eigenvalue weighted by atomic mass is 10.1. The van der Waals surface area contributed by atoms with Gasteiger partial charge in [-0.1, -0.05) is 31.3 Å². The number of hydrogen-bond donors (Lipinski definition) is 1. The molecule has 2 aromatic rings. The van der Waals surface area contributed by atoms with Crippen LogP contribution < -0.4 is 5.73 Å². The lowest BCUT2D eigenvalue weighted by Gasteiger charge is -2.32. The van der Waals surface area contributed by atoms with Crippen molar-refractivity contribution < 1.29 is 4.74 Å². The Balaban J connectivity index is 1.83. The average molecular weight is 303 g/mol. The van der Waals surface area contributed by atoms with Crippen LogP contribution in [-0.2, 0) is 11.3 Å². The number of thiocarbonyl (C=S) groups is 1. The van der Waals surface area contributed by atoms with Crippen LogP contribution in [0.5, 0.6) is 0 Å². The van der Waals surface area contributed by atoms with Crippen LogP contribution in [0.4, 0.5) is 0 Å². The van der Waals surface area contributed by atoms with E-state index in [4.69, 9.17) is 22.7 Å². The zero-order chi connectivity index (χ0) is 14.8. The fourth-order valence-electron chi connectivity index (χ4n) is 2.89. The Bertz CT molecular complexity index is 652. The van der Waals surface area contributed by atoms with Crippen molar-refractivity contribution in [3.05, 3.63) is 36.0 Å². The van der Waals surface area contributed by atoms with Crippen molar-refractivity contribution in [1.29, 1.82) is 0 Å². The SMILES string of the molecule is CCN1CCOC(Cn2ccc3ccc(C(N)=S)cc32)C1. The summed E-state index contributed by atoms with van der Waals surface area (Å²) >= 11 is 5.07. The van der Waals surface area contributed by atoms with Gasteiger partial charge in [0.1, 0.15) is 4.99 Å². The maximum Gasteiger partial charge on any atom is 0.104 e.